The Kier molecular flexibility index (Phi) is 5.75. The number of hydrogen-bond acceptors (Lipinski definition) is 4. The molecule has 112 valence electrons. The van der Waals surface area contributed by atoms with Crippen molar-refractivity contribution in [2.75, 3.05) is 13.2 Å². The van der Waals surface area contributed by atoms with Crippen molar-refractivity contribution >= 4 is 5.69 Å². The Bertz CT molecular complexity index is 463. The van der Waals surface area contributed by atoms with Crippen molar-refractivity contribution in [3.8, 4) is 5.75 Å². The minimum atomic E-state index is -4.63. The maximum atomic E-state index is 12.5. The molecule has 0 aliphatic carbocycles. The number of nitrogens with zero attached hydrogens (tertiary/aromatic N) is 1. The van der Waals surface area contributed by atoms with Crippen LogP contribution in [0.1, 0.15) is 24.8 Å². The minimum Gasteiger partial charge on any atom is -0.487 e. The molecule has 1 aromatic rings. The van der Waals surface area contributed by atoms with Gasteiger partial charge in [-0.05, 0) is 31.4 Å². The van der Waals surface area contributed by atoms with E-state index in [1.165, 1.54) is 0 Å². The lowest BCUT2D eigenvalue weighted by Crippen LogP contribution is -2.07. The Labute approximate surface area is 113 Å². The Balaban J connectivity index is 2.78. The molecule has 0 aliphatic rings. The summed E-state index contributed by atoms with van der Waals surface area (Å²) in [7, 11) is 0. The highest BCUT2D eigenvalue weighted by Gasteiger charge is 2.33. The number of hydrogen-bond donors (Lipinski definition) is 1. The van der Waals surface area contributed by atoms with E-state index in [-0.39, 0.29) is 19.0 Å². The van der Waals surface area contributed by atoms with Crippen molar-refractivity contribution < 1.29 is 27.9 Å². The summed E-state index contributed by atoms with van der Waals surface area (Å²) >= 11 is 0. The second kappa shape index (κ2) is 7.09. The lowest BCUT2D eigenvalue weighted by Gasteiger charge is -2.10. The van der Waals surface area contributed by atoms with Gasteiger partial charge in [-0.2, -0.15) is 13.2 Å². The number of halogens is 3. The molecular weight excluding hydrogens is 279 g/mol. The summed E-state index contributed by atoms with van der Waals surface area (Å²) in [4.78, 5) is 9.86. The van der Waals surface area contributed by atoms with Gasteiger partial charge in [-0.3, -0.25) is 10.1 Å². The van der Waals surface area contributed by atoms with Gasteiger partial charge in [0.25, 0.3) is 0 Å². The molecule has 0 aromatic heterocycles. The van der Waals surface area contributed by atoms with Crippen molar-refractivity contribution in [2.24, 2.45) is 0 Å². The number of alkyl halides is 3. The lowest BCUT2D eigenvalue weighted by atomic mass is 10.2. The van der Waals surface area contributed by atoms with Gasteiger partial charge in [0.05, 0.1) is 17.1 Å². The maximum Gasteiger partial charge on any atom is 0.416 e. The van der Waals surface area contributed by atoms with E-state index in [4.69, 9.17) is 9.84 Å². The molecular formula is C12H14F3NO4. The Morgan fingerprint density at radius 2 is 1.95 bits per heavy atom. The van der Waals surface area contributed by atoms with Crippen molar-refractivity contribution in [3.63, 3.8) is 0 Å². The number of unbranched alkanes of at least 4 members (excludes halogenated alkanes) is 2. The minimum absolute atomic E-state index is 0.0421. The Hall–Kier alpha value is -1.83. The number of benzene rings is 1. The van der Waals surface area contributed by atoms with Gasteiger partial charge in [0.15, 0.2) is 5.75 Å². The van der Waals surface area contributed by atoms with Crippen LogP contribution in [0.4, 0.5) is 18.9 Å². The molecule has 0 saturated carbocycles. The van der Waals surface area contributed by atoms with Gasteiger partial charge in [0, 0.05) is 12.7 Å². The SMILES string of the molecule is O=[N+]([O-])c1cc(C(F)(F)F)ccc1OCCCCCO. The molecule has 0 atom stereocenters. The topological polar surface area (TPSA) is 72.6 Å². The van der Waals surface area contributed by atoms with Crippen molar-refractivity contribution in [1.82, 2.24) is 0 Å². The van der Waals surface area contributed by atoms with Crippen LogP contribution < -0.4 is 4.74 Å². The van der Waals surface area contributed by atoms with E-state index in [0.717, 1.165) is 12.1 Å². The van der Waals surface area contributed by atoms with Crippen molar-refractivity contribution in [2.45, 2.75) is 25.4 Å². The molecule has 20 heavy (non-hydrogen) atoms. The van der Waals surface area contributed by atoms with Gasteiger partial charge in [-0.15, -0.1) is 0 Å². The van der Waals surface area contributed by atoms with Crippen LogP contribution in [0.3, 0.4) is 0 Å². The monoisotopic (exact) mass is 293 g/mol. The first-order chi connectivity index (χ1) is 9.36. The first-order valence-corrected chi connectivity index (χ1v) is 5.95. The molecule has 0 unspecified atom stereocenters. The summed E-state index contributed by atoms with van der Waals surface area (Å²) in [5.74, 6) is -0.188. The van der Waals surface area contributed by atoms with Gasteiger partial charge in [0.2, 0.25) is 0 Å². The Morgan fingerprint density at radius 3 is 2.50 bits per heavy atom. The van der Waals surface area contributed by atoms with Crippen LogP contribution in [0.2, 0.25) is 0 Å². The zero-order valence-electron chi connectivity index (χ0n) is 10.5. The quantitative estimate of drug-likeness (QED) is 0.476. The van der Waals surface area contributed by atoms with E-state index in [1.807, 2.05) is 0 Å². The summed E-state index contributed by atoms with van der Waals surface area (Å²) in [6, 6.07) is 2.16. The molecule has 0 aliphatic heterocycles. The number of aliphatic hydroxyl groups is 1. The summed E-state index contributed by atoms with van der Waals surface area (Å²) in [6.07, 6.45) is -2.83. The molecule has 1 aromatic carbocycles. The molecule has 0 bridgehead atoms. The van der Waals surface area contributed by atoms with Crippen molar-refractivity contribution in [3.05, 3.63) is 33.9 Å². The molecule has 8 heteroatoms. The maximum absolute atomic E-state index is 12.5. The van der Waals surface area contributed by atoms with E-state index in [0.29, 0.717) is 25.3 Å². The number of aliphatic hydroxyl groups excluding tert-OH is 1. The highest BCUT2D eigenvalue weighted by molar-refractivity contribution is 5.49. The molecule has 0 fully saturated rings. The molecule has 5 nitrogen and oxygen atoms in total. The van der Waals surface area contributed by atoms with Crippen LogP contribution in [-0.4, -0.2) is 23.2 Å². The lowest BCUT2D eigenvalue weighted by molar-refractivity contribution is -0.386. The third-order valence-corrected chi connectivity index (χ3v) is 2.54. The standard InChI is InChI=1S/C12H14F3NO4/c13-12(14,15)9-4-5-11(10(8-9)16(18)19)20-7-3-1-2-6-17/h4-5,8,17H,1-3,6-7H2. The van der Waals surface area contributed by atoms with E-state index >= 15 is 0 Å². The first-order valence-electron chi connectivity index (χ1n) is 5.95. The number of ether oxygens (including phenoxy) is 1. The summed E-state index contributed by atoms with van der Waals surface area (Å²) in [5, 5.41) is 19.3. The molecule has 0 radical (unpaired) electrons. The molecule has 1 rings (SSSR count). The average Bonchev–Trinajstić information content (AvgIpc) is 2.37. The predicted octanol–water partition coefficient (Wildman–Crippen LogP) is 3.16. The number of nitro benzene ring substituents is 1. The summed E-state index contributed by atoms with van der Waals surface area (Å²) in [6.45, 7) is 0.187. The van der Waals surface area contributed by atoms with Gasteiger partial charge >= 0.3 is 11.9 Å². The van der Waals surface area contributed by atoms with Crippen LogP contribution in [0, 0.1) is 10.1 Å². The molecule has 1 N–H and O–H groups in total. The van der Waals surface area contributed by atoms with Gasteiger partial charge in [-0.25, -0.2) is 0 Å². The molecule has 0 spiro atoms. The highest BCUT2D eigenvalue weighted by atomic mass is 19.4. The van der Waals surface area contributed by atoms with E-state index in [2.05, 4.69) is 0 Å². The number of nitro groups is 1. The smallest absolute Gasteiger partial charge is 0.416 e. The van der Waals surface area contributed by atoms with E-state index in [1.54, 1.807) is 0 Å². The molecule has 0 saturated heterocycles. The zero-order valence-corrected chi connectivity index (χ0v) is 10.5. The molecule has 0 heterocycles. The second-order valence-corrected chi connectivity index (χ2v) is 4.07. The van der Waals surface area contributed by atoms with Gasteiger partial charge < -0.3 is 9.84 Å². The van der Waals surface area contributed by atoms with E-state index in [9.17, 15) is 23.3 Å². The van der Waals surface area contributed by atoms with Crippen LogP contribution in [-0.2, 0) is 6.18 Å². The predicted molar refractivity (Wildman–Crippen MR) is 64.5 cm³/mol. The normalized spacial score (nSPS) is 11.4. The van der Waals surface area contributed by atoms with Crippen LogP contribution in [0.25, 0.3) is 0 Å². The fraction of sp³-hybridized carbons (Fsp3) is 0.500. The second-order valence-electron chi connectivity index (χ2n) is 4.07. The summed E-state index contributed by atoms with van der Waals surface area (Å²) < 4.78 is 42.5. The van der Waals surface area contributed by atoms with Crippen LogP contribution in [0.5, 0.6) is 5.75 Å². The fourth-order valence-electron chi connectivity index (χ4n) is 1.53. The van der Waals surface area contributed by atoms with Gasteiger partial charge in [0.1, 0.15) is 0 Å². The van der Waals surface area contributed by atoms with Gasteiger partial charge in [-0.1, -0.05) is 0 Å². The first kappa shape index (κ1) is 16.2. The zero-order chi connectivity index (χ0) is 15.2. The summed E-state index contributed by atoms with van der Waals surface area (Å²) in [5.41, 5.74) is -1.79. The third kappa shape index (κ3) is 4.69. The highest BCUT2D eigenvalue weighted by Crippen LogP contribution is 2.36. The van der Waals surface area contributed by atoms with Crippen LogP contribution in [0.15, 0.2) is 18.2 Å². The fourth-order valence-corrected chi connectivity index (χ4v) is 1.53. The third-order valence-electron chi connectivity index (χ3n) is 2.54. The Morgan fingerprint density at radius 1 is 1.25 bits per heavy atom. The van der Waals surface area contributed by atoms with E-state index < -0.39 is 22.4 Å². The van der Waals surface area contributed by atoms with Crippen LogP contribution >= 0.6 is 0 Å². The molecule has 0 amide bonds. The van der Waals surface area contributed by atoms with Crippen molar-refractivity contribution in [1.29, 1.82) is 0 Å². The number of rotatable bonds is 7. The largest absolute Gasteiger partial charge is 0.487 e. The average molecular weight is 293 g/mol.